The number of pyridine rings is 2. The molecule has 10 rings (SSSR count). The van der Waals surface area contributed by atoms with Crippen LogP contribution >= 0.6 is 0 Å². The number of nitrogens with zero attached hydrogens (tertiary/aromatic N) is 4. The Labute approximate surface area is 293 Å². The maximum atomic E-state index is 5.65. The van der Waals surface area contributed by atoms with Gasteiger partial charge in [-0.25, -0.2) is 19.9 Å². The Morgan fingerprint density at radius 3 is 1.63 bits per heavy atom. The summed E-state index contributed by atoms with van der Waals surface area (Å²) in [4.78, 5) is 18.4. The average molecular weight is 657 g/mol. The van der Waals surface area contributed by atoms with Gasteiger partial charge in [-0.1, -0.05) is 109 Å². The van der Waals surface area contributed by atoms with E-state index in [0.717, 1.165) is 39.3 Å². The van der Waals surface area contributed by atoms with Crippen LogP contribution in [0.3, 0.4) is 0 Å². The third-order valence-electron chi connectivity index (χ3n) is 9.99. The Balaban J connectivity index is 1.29. The Morgan fingerprint density at radius 1 is 0.431 bits per heavy atom. The predicted octanol–water partition coefficient (Wildman–Crippen LogP) is 10.6. The van der Waals surface area contributed by atoms with Crippen molar-refractivity contribution in [3.05, 3.63) is 193 Å². The van der Waals surface area contributed by atoms with Crippen molar-refractivity contribution in [2.24, 2.45) is 0 Å². The van der Waals surface area contributed by atoms with Crippen LogP contribution in [0.4, 0.5) is 0 Å². The summed E-state index contributed by atoms with van der Waals surface area (Å²) in [6, 6.07) is 51.6. The summed E-state index contributed by atoms with van der Waals surface area (Å²) in [5.74, 6) is 1.26. The fraction of sp³-hybridized carbons (Fsp3) is 0.0222. The van der Waals surface area contributed by atoms with E-state index >= 15 is 0 Å². The number of fused-ring (bicyclic) bond motifs is 5. The molecule has 0 unspecified atom stereocenters. The molecule has 0 saturated carbocycles. The highest BCUT2D eigenvalue weighted by Gasteiger charge is 2.47. The molecule has 0 fully saturated rings. The van der Waals surface area contributed by atoms with E-state index in [4.69, 9.17) is 18.8 Å². The molecule has 5 aromatic carbocycles. The molecule has 4 aromatic heterocycles. The fourth-order valence-corrected chi connectivity index (χ4v) is 7.85. The summed E-state index contributed by atoms with van der Waals surface area (Å²) in [6.45, 7) is 0. The van der Waals surface area contributed by atoms with Crippen LogP contribution < -0.4 is 0 Å². The Bertz CT molecular complexity index is 2650. The molecule has 6 heteroatoms. The molecule has 0 amide bonds. The third-order valence-corrected chi connectivity index (χ3v) is 9.99. The summed E-state index contributed by atoms with van der Waals surface area (Å²) in [5, 5.41) is 2.30. The second kappa shape index (κ2) is 11.6. The first-order valence-electron chi connectivity index (χ1n) is 16.8. The molecular formula is C45H28N4O2. The van der Waals surface area contributed by atoms with E-state index in [-0.39, 0.29) is 0 Å². The van der Waals surface area contributed by atoms with Gasteiger partial charge in [-0.3, -0.25) is 0 Å². The van der Waals surface area contributed by atoms with Crippen LogP contribution in [0, 0.1) is 0 Å². The highest BCUT2D eigenvalue weighted by Crippen LogP contribution is 2.59. The van der Waals surface area contributed by atoms with Gasteiger partial charge >= 0.3 is 0 Å². The molecule has 0 bridgehead atoms. The van der Waals surface area contributed by atoms with Gasteiger partial charge in [0.05, 0.1) is 29.2 Å². The lowest BCUT2D eigenvalue weighted by Gasteiger charge is -2.34. The van der Waals surface area contributed by atoms with Crippen molar-refractivity contribution in [3.8, 4) is 56.6 Å². The number of aromatic nitrogens is 4. The summed E-state index contributed by atoms with van der Waals surface area (Å²) in [5.41, 5.74) is 11.8. The maximum Gasteiger partial charge on any atom is 0.181 e. The van der Waals surface area contributed by atoms with E-state index in [2.05, 4.69) is 131 Å². The van der Waals surface area contributed by atoms with Gasteiger partial charge in [0.15, 0.2) is 24.3 Å². The van der Waals surface area contributed by atoms with Gasteiger partial charge in [0.25, 0.3) is 0 Å². The highest BCUT2D eigenvalue weighted by atomic mass is 16.3. The van der Waals surface area contributed by atoms with Crippen molar-refractivity contribution in [2.75, 3.05) is 0 Å². The van der Waals surface area contributed by atoms with E-state index in [0.29, 0.717) is 11.5 Å². The molecule has 1 aliphatic carbocycles. The van der Waals surface area contributed by atoms with Gasteiger partial charge in [0.1, 0.15) is 11.4 Å². The lowest BCUT2D eigenvalue weighted by atomic mass is 9.67. The van der Waals surface area contributed by atoms with Crippen molar-refractivity contribution < 1.29 is 8.83 Å². The SMILES string of the molecule is c1ccc(C2(c3ccccc3)c3cc(-c4cccc(-c5cnco5)n4)ccc3-c3c2cc(-c2cccc(-c4cnco4)n2)c2ccccc32)cc1. The van der Waals surface area contributed by atoms with Gasteiger partial charge in [-0.05, 0) is 80.6 Å². The highest BCUT2D eigenvalue weighted by molar-refractivity contribution is 6.10. The normalized spacial score (nSPS) is 12.9. The third kappa shape index (κ3) is 4.50. The maximum absolute atomic E-state index is 5.65. The second-order valence-electron chi connectivity index (χ2n) is 12.7. The lowest BCUT2D eigenvalue weighted by Crippen LogP contribution is -2.28. The Morgan fingerprint density at radius 2 is 1.00 bits per heavy atom. The number of rotatable bonds is 6. The van der Waals surface area contributed by atoms with Gasteiger partial charge in [-0.2, -0.15) is 0 Å². The first kappa shape index (κ1) is 29.0. The van der Waals surface area contributed by atoms with E-state index in [1.807, 2.05) is 24.3 Å². The molecule has 9 aromatic rings. The molecule has 1 aliphatic rings. The molecule has 51 heavy (non-hydrogen) atoms. The van der Waals surface area contributed by atoms with Crippen molar-refractivity contribution >= 4 is 10.8 Å². The first-order chi connectivity index (χ1) is 25.3. The zero-order chi connectivity index (χ0) is 33.8. The van der Waals surface area contributed by atoms with Crippen LogP contribution in [0.15, 0.2) is 180 Å². The summed E-state index contributed by atoms with van der Waals surface area (Å²) >= 11 is 0. The van der Waals surface area contributed by atoms with Gasteiger partial charge < -0.3 is 8.83 Å². The first-order valence-corrected chi connectivity index (χ1v) is 16.8. The fourth-order valence-electron chi connectivity index (χ4n) is 7.85. The molecule has 0 saturated heterocycles. The van der Waals surface area contributed by atoms with Crippen LogP contribution in [0.1, 0.15) is 22.3 Å². The molecule has 0 atom stereocenters. The predicted molar refractivity (Wildman–Crippen MR) is 199 cm³/mol. The molecule has 6 nitrogen and oxygen atoms in total. The van der Waals surface area contributed by atoms with Crippen molar-refractivity contribution in [1.29, 1.82) is 0 Å². The molecule has 0 radical (unpaired) electrons. The minimum atomic E-state index is -0.646. The largest absolute Gasteiger partial charge is 0.442 e. The van der Waals surface area contributed by atoms with Crippen LogP contribution in [-0.2, 0) is 5.41 Å². The van der Waals surface area contributed by atoms with Crippen LogP contribution in [0.25, 0.3) is 67.3 Å². The number of oxazole rings is 2. The molecule has 240 valence electrons. The van der Waals surface area contributed by atoms with E-state index < -0.39 is 5.41 Å². The second-order valence-corrected chi connectivity index (χ2v) is 12.7. The van der Waals surface area contributed by atoms with Crippen LogP contribution in [-0.4, -0.2) is 19.9 Å². The van der Waals surface area contributed by atoms with Crippen molar-refractivity contribution in [2.45, 2.75) is 5.41 Å². The molecule has 4 heterocycles. The molecule has 0 aliphatic heterocycles. The molecule has 0 spiro atoms. The molecule has 0 N–H and O–H groups in total. The van der Waals surface area contributed by atoms with Gasteiger partial charge in [0, 0.05) is 11.1 Å². The number of hydrogen-bond donors (Lipinski definition) is 0. The van der Waals surface area contributed by atoms with Crippen LogP contribution in [0.5, 0.6) is 0 Å². The lowest BCUT2D eigenvalue weighted by molar-refractivity contribution is 0.569. The number of hydrogen-bond acceptors (Lipinski definition) is 6. The minimum absolute atomic E-state index is 0.631. The average Bonchev–Trinajstić information content (AvgIpc) is 4.00. The quantitative estimate of drug-likeness (QED) is 0.177. The minimum Gasteiger partial charge on any atom is -0.442 e. The van der Waals surface area contributed by atoms with Crippen molar-refractivity contribution in [1.82, 2.24) is 19.9 Å². The molecular weight excluding hydrogens is 629 g/mol. The topological polar surface area (TPSA) is 77.8 Å². The standard InChI is InChI=1S/C45H28N4O2/c1-3-11-30(12-4-1)45(31-13-5-2-6-14-31)36-23-29(38-17-9-19-40(48-38)42-25-46-27-50-42)21-22-34(36)44-33-16-8-7-15-32(33)35(24-37(44)45)39-18-10-20-41(49-39)43-26-47-28-51-43/h1-28H. The zero-order valence-corrected chi connectivity index (χ0v) is 27.3. The zero-order valence-electron chi connectivity index (χ0n) is 27.3. The monoisotopic (exact) mass is 656 g/mol. The smallest absolute Gasteiger partial charge is 0.181 e. The van der Waals surface area contributed by atoms with Gasteiger partial charge in [0.2, 0.25) is 0 Å². The summed E-state index contributed by atoms with van der Waals surface area (Å²) in [6.07, 6.45) is 6.27. The van der Waals surface area contributed by atoms with Gasteiger partial charge in [-0.15, -0.1) is 0 Å². The summed E-state index contributed by atoms with van der Waals surface area (Å²) < 4.78 is 11.3. The van der Waals surface area contributed by atoms with Crippen molar-refractivity contribution in [3.63, 3.8) is 0 Å². The van der Waals surface area contributed by atoms with E-state index in [1.54, 1.807) is 12.4 Å². The Hall–Kier alpha value is -6.92. The van der Waals surface area contributed by atoms with E-state index in [9.17, 15) is 0 Å². The summed E-state index contributed by atoms with van der Waals surface area (Å²) in [7, 11) is 0. The number of benzene rings is 5. The van der Waals surface area contributed by atoms with E-state index in [1.165, 1.54) is 51.6 Å². The van der Waals surface area contributed by atoms with Crippen LogP contribution in [0.2, 0.25) is 0 Å². The Kier molecular flexibility index (Phi) is 6.61.